The van der Waals surface area contributed by atoms with E-state index in [0.717, 1.165) is 0 Å². The number of carbonyl (C=O) groups is 2. The van der Waals surface area contributed by atoms with E-state index in [4.69, 9.17) is 4.42 Å². The van der Waals surface area contributed by atoms with Gasteiger partial charge < -0.3 is 9.73 Å². The molecule has 9 nitrogen and oxygen atoms in total. The van der Waals surface area contributed by atoms with Crippen molar-refractivity contribution in [1.82, 2.24) is 25.3 Å². The third-order valence-corrected chi connectivity index (χ3v) is 5.58. The number of rotatable bonds is 8. The summed E-state index contributed by atoms with van der Waals surface area (Å²) in [6.45, 7) is -0.110. The van der Waals surface area contributed by atoms with Crippen molar-refractivity contribution in [2.45, 2.75) is 19.1 Å². The molecule has 0 radical (unpaired) electrons. The maximum Gasteiger partial charge on any atom is 0.249 e. The Morgan fingerprint density at radius 1 is 1.06 bits per heavy atom. The number of aromatic nitrogens is 4. The van der Waals surface area contributed by atoms with Crippen LogP contribution in [0, 0.1) is 5.82 Å². The average Bonchev–Trinajstić information content (AvgIpc) is 3.56. The first kappa shape index (κ1) is 22.9. The third-order valence-electron chi connectivity index (χ3n) is 5.58. The van der Waals surface area contributed by atoms with Gasteiger partial charge in [-0.1, -0.05) is 29.5 Å². The van der Waals surface area contributed by atoms with E-state index in [1.165, 1.54) is 40.2 Å². The van der Waals surface area contributed by atoms with Gasteiger partial charge in [-0.25, -0.2) is 9.07 Å². The van der Waals surface area contributed by atoms with E-state index in [1.807, 2.05) is 12.1 Å². The minimum Gasteiger partial charge on any atom is -0.467 e. The fourth-order valence-electron chi connectivity index (χ4n) is 3.94. The lowest BCUT2D eigenvalue weighted by molar-refractivity contribution is -0.127. The van der Waals surface area contributed by atoms with Gasteiger partial charge in [0.2, 0.25) is 11.8 Å². The van der Waals surface area contributed by atoms with Crippen LogP contribution in [0.2, 0.25) is 0 Å². The molecule has 0 fully saturated rings. The Kier molecular flexibility index (Phi) is 6.48. The van der Waals surface area contributed by atoms with E-state index in [1.54, 1.807) is 48.7 Å². The van der Waals surface area contributed by atoms with Crippen LogP contribution < -0.4 is 10.2 Å². The summed E-state index contributed by atoms with van der Waals surface area (Å²) in [6.07, 6.45) is 4.57. The lowest BCUT2D eigenvalue weighted by Gasteiger charge is -2.31. The number of hydrogen-bond donors (Lipinski definition) is 1. The van der Waals surface area contributed by atoms with Crippen LogP contribution in [0.15, 0.2) is 95.9 Å². The molecule has 2 amide bonds. The number of anilines is 1. The molecule has 10 heteroatoms. The van der Waals surface area contributed by atoms with Gasteiger partial charge in [-0.05, 0) is 48.5 Å². The van der Waals surface area contributed by atoms with E-state index < -0.39 is 23.7 Å². The standard InChI is InChI=1S/C26H21FN6O3/c27-19-7-3-8-20(14-19)33(24(34)17-32-23-11-2-1-10-22(23)30-31-32)25(18-6-4-12-28-15-18)26(35)29-16-21-9-5-13-36-21/h1-15,25H,16-17H2,(H,29,35)/t25-/m0/s1. The van der Waals surface area contributed by atoms with E-state index in [-0.39, 0.29) is 18.8 Å². The van der Waals surface area contributed by atoms with Gasteiger partial charge in [0.15, 0.2) is 0 Å². The molecule has 5 aromatic rings. The number of pyridine rings is 1. The van der Waals surface area contributed by atoms with Gasteiger partial charge in [-0.3, -0.25) is 19.5 Å². The second-order valence-electron chi connectivity index (χ2n) is 7.97. The third kappa shape index (κ3) is 4.83. The van der Waals surface area contributed by atoms with Crippen LogP contribution in [-0.4, -0.2) is 31.8 Å². The zero-order valence-corrected chi connectivity index (χ0v) is 19.0. The molecular weight excluding hydrogens is 463 g/mol. The number of furan rings is 1. The summed E-state index contributed by atoms with van der Waals surface area (Å²) in [5.74, 6) is -0.970. The van der Waals surface area contributed by atoms with Crippen LogP contribution in [0.25, 0.3) is 11.0 Å². The van der Waals surface area contributed by atoms with Crippen LogP contribution in [-0.2, 0) is 22.7 Å². The Hall–Kier alpha value is -4.86. The monoisotopic (exact) mass is 484 g/mol. The Bertz CT molecular complexity index is 1490. The number of nitrogens with one attached hydrogen (secondary N) is 1. The topological polar surface area (TPSA) is 106 Å². The molecule has 0 aliphatic rings. The maximum absolute atomic E-state index is 14.3. The van der Waals surface area contributed by atoms with Gasteiger partial charge >= 0.3 is 0 Å². The summed E-state index contributed by atoms with van der Waals surface area (Å²) < 4.78 is 21.0. The zero-order chi connectivity index (χ0) is 24.9. The number of nitrogens with zero attached hydrogens (tertiary/aromatic N) is 5. The molecule has 0 bridgehead atoms. The van der Waals surface area contributed by atoms with E-state index >= 15 is 0 Å². The van der Waals surface area contributed by atoms with Crippen LogP contribution in [0.3, 0.4) is 0 Å². The van der Waals surface area contributed by atoms with E-state index in [9.17, 15) is 14.0 Å². The SMILES string of the molecule is O=C(NCc1ccco1)[C@H](c1cccnc1)N(C(=O)Cn1nnc2ccccc21)c1cccc(F)c1. The number of halogens is 1. The van der Waals surface area contributed by atoms with Crippen molar-refractivity contribution in [3.05, 3.63) is 109 Å². The zero-order valence-electron chi connectivity index (χ0n) is 19.0. The molecule has 5 rings (SSSR count). The van der Waals surface area contributed by atoms with Crippen molar-refractivity contribution < 1.29 is 18.4 Å². The molecule has 2 aromatic carbocycles. The van der Waals surface area contributed by atoms with Crippen molar-refractivity contribution in [3.8, 4) is 0 Å². The number of fused-ring (bicyclic) bond motifs is 1. The Balaban J connectivity index is 1.54. The van der Waals surface area contributed by atoms with Crippen LogP contribution >= 0.6 is 0 Å². The maximum atomic E-state index is 14.3. The van der Waals surface area contributed by atoms with Gasteiger partial charge in [0, 0.05) is 23.6 Å². The van der Waals surface area contributed by atoms with Gasteiger partial charge in [-0.2, -0.15) is 0 Å². The molecule has 0 saturated carbocycles. The summed E-state index contributed by atoms with van der Waals surface area (Å²) in [7, 11) is 0. The largest absolute Gasteiger partial charge is 0.467 e. The summed E-state index contributed by atoms with van der Waals surface area (Å²) in [6, 6.07) is 18.4. The lowest BCUT2D eigenvalue weighted by atomic mass is 10.0. The average molecular weight is 484 g/mol. The summed E-state index contributed by atoms with van der Waals surface area (Å²) >= 11 is 0. The molecule has 0 aliphatic carbocycles. The van der Waals surface area contributed by atoms with Crippen molar-refractivity contribution >= 4 is 28.5 Å². The Labute approximate surface area is 205 Å². The minimum absolute atomic E-state index is 0.113. The smallest absolute Gasteiger partial charge is 0.249 e. The Morgan fingerprint density at radius 3 is 2.72 bits per heavy atom. The summed E-state index contributed by atoms with van der Waals surface area (Å²) in [5, 5.41) is 11.0. The number of hydrogen-bond acceptors (Lipinski definition) is 6. The molecule has 180 valence electrons. The quantitative estimate of drug-likeness (QED) is 0.360. The van der Waals surface area contributed by atoms with Crippen LogP contribution in [0.1, 0.15) is 17.4 Å². The highest BCUT2D eigenvalue weighted by Gasteiger charge is 2.33. The lowest BCUT2D eigenvalue weighted by Crippen LogP contribution is -2.45. The molecule has 0 spiro atoms. The van der Waals surface area contributed by atoms with Crippen molar-refractivity contribution in [1.29, 1.82) is 0 Å². The molecule has 0 unspecified atom stereocenters. The second-order valence-corrected chi connectivity index (χ2v) is 7.97. The summed E-state index contributed by atoms with van der Waals surface area (Å²) in [5.41, 5.74) is 1.95. The molecule has 36 heavy (non-hydrogen) atoms. The molecule has 3 aromatic heterocycles. The highest BCUT2D eigenvalue weighted by molar-refractivity contribution is 6.01. The highest BCUT2D eigenvalue weighted by atomic mass is 19.1. The first-order valence-corrected chi connectivity index (χ1v) is 11.2. The molecule has 0 aliphatic heterocycles. The highest BCUT2D eigenvalue weighted by Crippen LogP contribution is 2.29. The van der Waals surface area contributed by atoms with Crippen molar-refractivity contribution in [2.75, 3.05) is 4.90 Å². The molecule has 3 heterocycles. The Morgan fingerprint density at radius 2 is 1.94 bits per heavy atom. The fourth-order valence-corrected chi connectivity index (χ4v) is 3.94. The molecule has 1 atom stereocenters. The van der Waals surface area contributed by atoms with Crippen molar-refractivity contribution in [2.24, 2.45) is 0 Å². The molecular formula is C26H21FN6O3. The number of carbonyl (C=O) groups excluding carboxylic acids is 2. The van der Waals surface area contributed by atoms with Gasteiger partial charge in [0.25, 0.3) is 0 Å². The van der Waals surface area contributed by atoms with E-state index in [2.05, 4.69) is 20.6 Å². The number of amides is 2. The van der Waals surface area contributed by atoms with Crippen LogP contribution in [0.5, 0.6) is 0 Å². The first-order chi connectivity index (χ1) is 17.6. The number of benzene rings is 2. The van der Waals surface area contributed by atoms with Crippen molar-refractivity contribution in [3.63, 3.8) is 0 Å². The minimum atomic E-state index is -1.14. The second kappa shape index (κ2) is 10.2. The summed E-state index contributed by atoms with van der Waals surface area (Å²) in [4.78, 5) is 32.8. The predicted molar refractivity (Wildman–Crippen MR) is 129 cm³/mol. The predicted octanol–water partition coefficient (Wildman–Crippen LogP) is 3.65. The van der Waals surface area contributed by atoms with Gasteiger partial charge in [-0.15, -0.1) is 5.10 Å². The molecule has 0 saturated heterocycles. The number of para-hydroxylation sites is 1. The fraction of sp³-hybridized carbons (Fsp3) is 0.115. The van der Waals surface area contributed by atoms with Gasteiger partial charge in [0.1, 0.15) is 29.7 Å². The van der Waals surface area contributed by atoms with E-state index in [0.29, 0.717) is 22.4 Å². The normalized spacial score (nSPS) is 11.8. The molecule has 1 N–H and O–H groups in total. The first-order valence-electron chi connectivity index (χ1n) is 11.2. The van der Waals surface area contributed by atoms with Crippen LogP contribution in [0.4, 0.5) is 10.1 Å². The van der Waals surface area contributed by atoms with Gasteiger partial charge in [0.05, 0.1) is 18.3 Å².